The van der Waals surface area contributed by atoms with Crippen molar-refractivity contribution in [2.75, 3.05) is 6.61 Å². The van der Waals surface area contributed by atoms with E-state index < -0.39 is 36.6 Å². The molecule has 1 saturated heterocycles. The fraction of sp³-hybridized carbons (Fsp3) is 0.429. The Morgan fingerprint density at radius 3 is 2.62 bits per heavy atom. The summed E-state index contributed by atoms with van der Waals surface area (Å²) in [7, 11) is 0. The predicted molar refractivity (Wildman–Crippen MR) is 68.1 cm³/mol. The van der Waals surface area contributed by atoms with Gasteiger partial charge in [0.15, 0.2) is 18.6 Å². The predicted octanol–water partition coefficient (Wildman–Crippen LogP) is 0.830. The highest BCUT2D eigenvalue weighted by Gasteiger charge is 2.47. The van der Waals surface area contributed by atoms with Crippen molar-refractivity contribution in [1.29, 1.82) is 0 Å². The van der Waals surface area contributed by atoms with Crippen LogP contribution < -0.4 is 0 Å². The molecule has 1 fully saturated rings. The Balaban J connectivity index is 1.95. The van der Waals surface area contributed by atoms with Gasteiger partial charge in [-0.3, -0.25) is 4.79 Å². The van der Waals surface area contributed by atoms with E-state index in [9.17, 15) is 19.1 Å². The lowest BCUT2D eigenvalue weighted by Gasteiger charge is -2.18. The molecular weight excluding hydrogens is 283 g/mol. The monoisotopic (exact) mass is 298 g/mol. The molecule has 1 heterocycles. The van der Waals surface area contributed by atoms with Gasteiger partial charge in [0.2, 0.25) is 0 Å². The van der Waals surface area contributed by atoms with Crippen LogP contribution >= 0.6 is 0 Å². The molecule has 21 heavy (non-hydrogen) atoms. The Bertz CT molecular complexity index is 505. The van der Waals surface area contributed by atoms with Gasteiger partial charge in [-0.1, -0.05) is 18.2 Å². The Hall–Kier alpha value is -1.99. The van der Waals surface area contributed by atoms with Crippen LogP contribution in [0.4, 0.5) is 4.39 Å². The average Bonchev–Trinajstić information content (AvgIpc) is 2.73. The molecule has 2 rings (SSSR count). The molecule has 1 aromatic rings. The van der Waals surface area contributed by atoms with Crippen LogP contribution in [0.5, 0.6) is 0 Å². The van der Waals surface area contributed by atoms with E-state index in [-0.39, 0.29) is 6.61 Å². The molecule has 0 aromatic heterocycles. The molecule has 6 nitrogen and oxygen atoms in total. The lowest BCUT2D eigenvalue weighted by Crippen LogP contribution is -2.36. The van der Waals surface area contributed by atoms with E-state index in [2.05, 4.69) is 0 Å². The molecule has 114 valence electrons. The first-order valence-electron chi connectivity index (χ1n) is 6.36. The van der Waals surface area contributed by atoms with Crippen molar-refractivity contribution in [2.45, 2.75) is 31.6 Å². The third-order valence-corrected chi connectivity index (χ3v) is 2.96. The van der Waals surface area contributed by atoms with Crippen LogP contribution in [0.1, 0.15) is 17.3 Å². The minimum Gasteiger partial charge on any atom is -0.459 e. The number of rotatable bonds is 4. The van der Waals surface area contributed by atoms with E-state index in [0.717, 1.165) is 6.92 Å². The second-order valence-corrected chi connectivity index (χ2v) is 4.55. The zero-order valence-electron chi connectivity index (χ0n) is 11.3. The lowest BCUT2D eigenvalue weighted by atomic mass is 10.1. The summed E-state index contributed by atoms with van der Waals surface area (Å²) in [5, 5.41) is 9.30. The second-order valence-electron chi connectivity index (χ2n) is 4.55. The number of carbonyl (C=O) groups is 2. The van der Waals surface area contributed by atoms with Gasteiger partial charge in [-0.05, 0) is 12.1 Å². The van der Waals surface area contributed by atoms with E-state index in [1.165, 1.54) is 0 Å². The molecule has 0 bridgehead atoms. The zero-order chi connectivity index (χ0) is 15.4. The van der Waals surface area contributed by atoms with Gasteiger partial charge in [-0.2, -0.15) is 0 Å². The van der Waals surface area contributed by atoms with Gasteiger partial charge in [0, 0.05) is 6.92 Å². The molecule has 1 N–H and O–H groups in total. The van der Waals surface area contributed by atoms with Crippen molar-refractivity contribution >= 4 is 11.9 Å². The first kappa shape index (κ1) is 15.4. The zero-order valence-corrected chi connectivity index (χ0v) is 11.3. The first-order chi connectivity index (χ1) is 9.99. The van der Waals surface area contributed by atoms with Gasteiger partial charge in [0.25, 0.3) is 0 Å². The highest BCUT2D eigenvalue weighted by atomic mass is 19.1. The summed E-state index contributed by atoms with van der Waals surface area (Å²) in [6.07, 6.45) is -5.95. The third-order valence-electron chi connectivity index (χ3n) is 2.96. The van der Waals surface area contributed by atoms with Gasteiger partial charge in [0.05, 0.1) is 5.56 Å². The van der Waals surface area contributed by atoms with E-state index in [1.54, 1.807) is 30.3 Å². The van der Waals surface area contributed by atoms with Gasteiger partial charge < -0.3 is 19.3 Å². The number of aliphatic hydroxyl groups excluding tert-OH is 1. The molecule has 1 aliphatic rings. The molecule has 4 atom stereocenters. The van der Waals surface area contributed by atoms with E-state index in [1.807, 2.05) is 0 Å². The Labute approximate surface area is 120 Å². The van der Waals surface area contributed by atoms with Gasteiger partial charge in [-0.15, -0.1) is 0 Å². The third kappa shape index (κ3) is 3.77. The van der Waals surface area contributed by atoms with Crippen LogP contribution in [0, 0.1) is 0 Å². The number of benzene rings is 1. The molecule has 7 heteroatoms. The minimum atomic E-state index is -1.88. The van der Waals surface area contributed by atoms with Crippen molar-refractivity contribution in [3.8, 4) is 0 Å². The Morgan fingerprint density at radius 1 is 1.33 bits per heavy atom. The molecule has 1 aliphatic heterocycles. The lowest BCUT2D eigenvalue weighted by molar-refractivity contribution is -0.152. The van der Waals surface area contributed by atoms with Gasteiger partial charge in [0.1, 0.15) is 12.7 Å². The van der Waals surface area contributed by atoms with Crippen LogP contribution in [0.25, 0.3) is 0 Å². The van der Waals surface area contributed by atoms with Crippen molar-refractivity contribution < 1.29 is 33.3 Å². The van der Waals surface area contributed by atoms with E-state index in [0.29, 0.717) is 5.56 Å². The second kappa shape index (κ2) is 6.64. The quantitative estimate of drug-likeness (QED) is 0.829. The van der Waals surface area contributed by atoms with E-state index >= 15 is 0 Å². The summed E-state index contributed by atoms with van der Waals surface area (Å²) < 4.78 is 28.3. The summed E-state index contributed by atoms with van der Waals surface area (Å²) in [4.78, 5) is 22.7. The summed E-state index contributed by atoms with van der Waals surface area (Å²) in [6.45, 7) is 0.785. The molecule has 0 spiro atoms. The first-order valence-corrected chi connectivity index (χ1v) is 6.36. The van der Waals surface area contributed by atoms with Crippen LogP contribution in [-0.4, -0.2) is 48.3 Å². The van der Waals surface area contributed by atoms with Gasteiger partial charge in [-0.25, -0.2) is 9.18 Å². The maximum Gasteiger partial charge on any atom is 0.338 e. The summed E-state index contributed by atoms with van der Waals surface area (Å²) in [6, 6.07) is 8.22. The highest BCUT2D eigenvalue weighted by Crippen LogP contribution is 2.26. The maximum atomic E-state index is 13.6. The number of esters is 2. The molecular formula is C14H15FO6. The molecule has 0 saturated carbocycles. The average molecular weight is 298 g/mol. The van der Waals surface area contributed by atoms with Crippen LogP contribution in [-0.2, 0) is 19.0 Å². The summed E-state index contributed by atoms with van der Waals surface area (Å²) in [5.41, 5.74) is 0.330. The number of ether oxygens (including phenoxy) is 3. The van der Waals surface area contributed by atoms with Crippen molar-refractivity contribution in [2.24, 2.45) is 0 Å². The number of hydrogen-bond donors (Lipinski definition) is 1. The number of halogens is 1. The Kier molecular flexibility index (Phi) is 4.87. The maximum absolute atomic E-state index is 13.6. The van der Waals surface area contributed by atoms with Crippen molar-refractivity contribution in [3.63, 3.8) is 0 Å². The van der Waals surface area contributed by atoms with Crippen LogP contribution in [0.15, 0.2) is 30.3 Å². The summed E-state index contributed by atoms with van der Waals surface area (Å²) in [5.74, 6) is -1.32. The fourth-order valence-corrected chi connectivity index (χ4v) is 1.98. The summed E-state index contributed by atoms with van der Waals surface area (Å²) >= 11 is 0. The molecule has 0 radical (unpaired) electrons. The number of carbonyl (C=O) groups excluding carboxylic acids is 2. The van der Waals surface area contributed by atoms with Crippen molar-refractivity contribution in [1.82, 2.24) is 0 Å². The Morgan fingerprint density at radius 2 is 2.00 bits per heavy atom. The van der Waals surface area contributed by atoms with Crippen LogP contribution in [0.3, 0.4) is 0 Å². The van der Waals surface area contributed by atoms with E-state index in [4.69, 9.17) is 14.2 Å². The van der Waals surface area contributed by atoms with Crippen LogP contribution in [0.2, 0.25) is 0 Å². The number of aliphatic hydroxyl groups is 1. The number of hydrogen-bond acceptors (Lipinski definition) is 6. The topological polar surface area (TPSA) is 82.1 Å². The smallest absolute Gasteiger partial charge is 0.338 e. The van der Waals surface area contributed by atoms with Crippen molar-refractivity contribution in [3.05, 3.63) is 35.9 Å². The largest absolute Gasteiger partial charge is 0.459 e. The van der Waals surface area contributed by atoms with Gasteiger partial charge >= 0.3 is 11.9 Å². The standard InChI is InChI=1S/C14H15FO6/c1-8(16)20-12-10(21-14(18)11(12)15)7-19-13(17)9-5-3-2-4-6-9/h2-6,10-12,14,18H,7H2,1H3/t10-,11-,12-,14+/m0/s1. The highest BCUT2D eigenvalue weighted by molar-refractivity contribution is 5.89. The molecule has 0 amide bonds. The SMILES string of the molecule is CC(=O)O[C@@H]1[C@H](F)[C@H](O)O[C@H]1COC(=O)c1ccccc1. The molecule has 1 aromatic carbocycles. The molecule has 0 aliphatic carbocycles. The normalized spacial score (nSPS) is 28.1. The molecule has 0 unspecified atom stereocenters. The minimum absolute atomic E-state index is 0.330. The fourth-order valence-electron chi connectivity index (χ4n) is 1.98. The number of alkyl halides is 1.